The predicted molar refractivity (Wildman–Crippen MR) is 96.4 cm³/mol. The van der Waals surface area contributed by atoms with Crippen molar-refractivity contribution in [2.75, 3.05) is 19.6 Å². The van der Waals surface area contributed by atoms with Gasteiger partial charge >= 0.3 is 7.12 Å². The second-order valence-electron chi connectivity index (χ2n) is 7.73. The second-order valence-corrected chi connectivity index (χ2v) is 7.73. The van der Waals surface area contributed by atoms with Crippen molar-refractivity contribution in [1.82, 2.24) is 4.90 Å². The standard InChI is InChI=1S/C18H38BNO2/c1-7-9-14-20(15-10-8-2)16-12-11-13-19-21-17(3,4)18(5,6)22-19/h7-16H2,1-6H3. The third-order valence-corrected chi connectivity index (χ3v) is 5.12. The summed E-state index contributed by atoms with van der Waals surface area (Å²) in [6, 6.07) is 0. The third kappa shape index (κ3) is 6.21. The third-order valence-electron chi connectivity index (χ3n) is 5.12. The van der Waals surface area contributed by atoms with Crippen molar-refractivity contribution >= 4 is 7.12 Å². The number of rotatable bonds is 11. The zero-order valence-corrected chi connectivity index (χ0v) is 15.9. The molecule has 0 unspecified atom stereocenters. The van der Waals surface area contributed by atoms with Gasteiger partial charge in [-0.1, -0.05) is 33.1 Å². The van der Waals surface area contributed by atoms with Crippen molar-refractivity contribution in [3.05, 3.63) is 0 Å². The Morgan fingerprint density at radius 1 is 0.727 bits per heavy atom. The molecule has 1 heterocycles. The summed E-state index contributed by atoms with van der Waals surface area (Å²) < 4.78 is 12.1. The van der Waals surface area contributed by atoms with E-state index in [0.29, 0.717) is 0 Å². The SMILES string of the molecule is CCCCN(CCCC)CCCCB1OC(C)(C)C(C)(C)O1. The van der Waals surface area contributed by atoms with Gasteiger partial charge in [-0.25, -0.2) is 0 Å². The quantitative estimate of drug-likeness (QED) is 0.405. The Morgan fingerprint density at radius 2 is 1.18 bits per heavy atom. The van der Waals surface area contributed by atoms with Gasteiger partial charge in [-0.05, 0) is 72.9 Å². The van der Waals surface area contributed by atoms with E-state index < -0.39 is 0 Å². The van der Waals surface area contributed by atoms with Crippen LogP contribution in [0.2, 0.25) is 6.32 Å². The molecule has 1 fully saturated rings. The average molecular weight is 311 g/mol. The van der Waals surface area contributed by atoms with Crippen molar-refractivity contribution in [3.8, 4) is 0 Å². The molecule has 0 bridgehead atoms. The summed E-state index contributed by atoms with van der Waals surface area (Å²) in [4.78, 5) is 2.64. The molecule has 0 spiro atoms. The molecular formula is C18H38BNO2. The molecule has 0 radical (unpaired) electrons. The average Bonchev–Trinajstić information content (AvgIpc) is 2.64. The van der Waals surface area contributed by atoms with E-state index in [0.717, 1.165) is 6.32 Å². The second kappa shape index (κ2) is 9.29. The summed E-state index contributed by atoms with van der Waals surface area (Å²) in [6.45, 7) is 16.8. The number of nitrogens with zero attached hydrogens (tertiary/aromatic N) is 1. The molecule has 0 atom stereocenters. The van der Waals surface area contributed by atoms with Gasteiger partial charge in [0.05, 0.1) is 11.2 Å². The molecule has 1 rings (SSSR count). The van der Waals surface area contributed by atoms with Gasteiger partial charge in [0.2, 0.25) is 0 Å². The molecule has 22 heavy (non-hydrogen) atoms. The molecule has 0 aliphatic carbocycles. The molecule has 0 N–H and O–H groups in total. The normalized spacial score (nSPS) is 20.0. The van der Waals surface area contributed by atoms with Gasteiger partial charge in [0.1, 0.15) is 0 Å². The summed E-state index contributed by atoms with van der Waals surface area (Å²) in [6.07, 6.45) is 8.67. The van der Waals surface area contributed by atoms with Gasteiger partial charge in [0.25, 0.3) is 0 Å². The monoisotopic (exact) mass is 311 g/mol. The van der Waals surface area contributed by atoms with Crippen LogP contribution in [0.25, 0.3) is 0 Å². The van der Waals surface area contributed by atoms with E-state index in [-0.39, 0.29) is 18.3 Å². The van der Waals surface area contributed by atoms with Crippen LogP contribution in [0.3, 0.4) is 0 Å². The lowest BCUT2D eigenvalue weighted by atomic mass is 9.82. The minimum atomic E-state index is -0.189. The van der Waals surface area contributed by atoms with Crippen LogP contribution in [-0.4, -0.2) is 42.9 Å². The van der Waals surface area contributed by atoms with Crippen LogP contribution in [0.1, 0.15) is 80.1 Å². The number of unbranched alkanes of at least 4 members (excludes halogenated alkanes) is 3. The molecule has 1 saturated heterocycles. The fourth-order valence-corrected chi connectivity index (χ4v) is 2.83. The van der Waals surface area contributed by atoms with Gasteiger partial charge < -0.3 is 14.2 Å². The maximum absolute atomic E-state index is 6.07. The van der Waals surface area contributed by atoms with Crippen molar-refractivity contribution < 1.29 is 9.31 Å². The first kappa shape index (κ1) is 20.0. The Balaban J connectivity index is 2.23. The molecule has 0 aromatic carbocycles. The Labute approximate surface area is 139 Å². The topological polar surface area (TPSA) is 21.7 Å². The van der Waals surface area contributed by atoms with Gasteiger partial charge in [0.15, 0.2) is 0 Å². The van der Waals surface area contributed by atoms with Crippen LogP contribution in [0.5, 0.6) is 0 Å². The lowest BCUT2D eigenvalue weighted by molar-refractivity contribution is 0.00578. The lowest BCUT2D eigenvalue weighted by Crippen LogP contribution is -2.41. The van der Waals surface area contributed by atoms with Crippen LogP contribution < -0.4 is 0 Å². The Hall–Kier alpha value is -0.0551. The highest BCUT2D eigenvalue weighted by Gasteiger charge is 2.50. The molecule has 1 aliphatic rings. The first-order valence-electron chi connectivity index (χ1n) is 9.40. The van der Waals surface area contributed by atoms with E-state index in [9.17, 15) is 0 Å². The minimum Gasteiger partial charge on any atom is -0.403 e. The van der Waals surface area contributed by atoms with Crippen LogP contribution in [-0.2, 0) is 9.31 Å². The van der Waals surface area contributed by atoms with Gasteiger partial charge in [-0.2, -0.15) is 0 Å². The van der Waals surface area contributed by atoms with Crippen LogP contribution in [0, 0.1) is 0 Å². The number of hydrogen-bond acceptors (Lipinski definition) is 3. The van der Waals surface area contributed by atoms with Gasteiger partial charge in [-0.15, -0.1) is 0 Å². The Bertz CT molecular complexity index is 283. The first-order valence-corrected chi connectivity index (χ1v) is 9.40. The van der Waals surface area contributed by atoms with E-state index in [1.165, 1.54) is 58.2 Å². The summed E-state index contributed by atoms with van der Waals surface area (Å²) >= 11 is 0. The molecule has 130 valence electrons. The van der Waals surface area contributed by atoms with Crippen LogP contribution in [0.4, 0.5) is 0 Å². The zero-order valence-electron chi connectivity index (χ0n) is 15.9. The van der Waals surface area contributed by atoms with Crippen LogP contribution >= 0.6 is 0 Å². The summed E-state index contributed by atoms with van der Waals surface area (Å²) in [5.74, 6) is 0. The van der Waals surface area contributed by atoms with E-state index in [4.69, 9.17) is 9.31 Å². The maximum Gasteiger partial charge on any atom is 0.457 e. The molecule has 0 amide bonds. The van der Waals surface area contributed by atoms with Crippen LogP contribution in [0.15, 0.2) is 0 Å². The molecule has 1 aliphatic heterocycles. The molecule has 0 saturated carbocycles. The Morgan fingerprint density at radius 3 is 1.64 bits per heavy atom. The highest BCUT2D eigenvalue weighted by molar-refractivity contribution is 6.45. The fourth-order valence-electron chi connectivity index (χ4n) is 2.83. The predicted octanol–water partition coefficient (Wildman–Crippen LogP) is 4.76. The van der Waals surface area contributed by atoms with E-state index >= 15 is 0 Å². The molecule has 0 aromatic heterocycles. The fraction of sp³-hybridized carbons (Fsp3) is 1.00. The number of hydrogen-bond donors (Lipinski definition) is 0. The smallest absolute Gasteiger partial charge is 0.403 e. The van der Waals surface area contributed by atoms with E-state index in [1.54, 1.807) is 0 Å². The minimum absolute atomic E-state index is 0.0234. The largest absolute Gasteiger partial charge is 0.457 e. The highest BCUT2D eigenvalue weighted by atomic mass is 16.7. The molecule has 3 nitrogen and oxygen atoms in total. The van der Waals surface area contributed by atoms with E-state index in [1.807, 2.05) is 0 Å². The Kier molecular flexibility index (Phi) is 8.44. The maximum atomic E-state index is 6.07. The highest BCUT2D eigenvalue weighted by Crippen LogP contribution is 2.38. The van der Waals surface area contributed by atoms with Gasteiger partial charge in [-0.3, -0.25) is 0 Å². The molecule has 4 heteroatoms. The summed E-state index contributed by atoms with van der Waals surface area (Å²) in [7, 11) is -0.0234. The molecule has 0 aromatic rings. The summed E-state index contributed by atoms with van der Waals surface area (Å²) in [5, 5.41) is 0. The van der Waals surface area contributed by atoms with Crippen molar-refractivity contribution in [1.29, 1.82) is 0 Å². The van der Waals surface area contributed by atoms with Crippen molar-refractivity contribution in [2.24, 2.45) is 0 Å². The first-order chi connectivity index (χ1) is 10.3. The summed E-state index contributed by atoms with van der Waals surface area (Å²) in [5.41, 5.74) is -0.377. The van der Waals surface area contributed by atoms with E-state index in [2.05, 4.69) is 46.4 Å². The van der Waals surface area contributed by atoms with Crippen molar-refractivity contribution in [3.63, 3.8) is 0 Å². The lowest BCUT2D eigenvalue weighted by Gasteiger charge is -2.32. The zero-order chi connectivity index (χ0) is 16.6. The van der Waals surface area contributed by atoms with Crippen molar-refractivity contribution in [2.45, 2.75) is 97.6 Å². The van der Waals surface area contributed by atoms with Gasteiger partial charge in [0, 0.05) is 0 Å². The molecular weight excluding hydrogens is 273 g/mol.